The van der Waals surface area contributed by atoms with Crippen LogP contribution >= 0.6 is 0 Å². The first-order valence-corrected chi connectivity index (χ1v) is 16.2. The van der Waals surface area contributed by atoms with Gasteiger partial charge in [0.25, 0.3) is 0 Å². The van der Waals surface area contributed by atoms with E-state index in [2.05, 4.69) is 10.6 Å². The second-order valence-corrected chi connectivity index (χ2v) is 12.7. The van der Waals surface area contributed by atoms with Crippen LogP contribution in [0.4, 0.5) is 4.79 Å². The number of methoxy groups -OCH3 is 1. The van der Waals surface area contributed by atoms with Gasteiger partial charge in [0.05, 0.1) is 12.2 Å². The molecule has 3 N–H and O–H groups in total. The number of likely N-dealkylation sites (tertiary alicyclic amines) is 1. The number of hydrogen-bond acceptors (Lipinski definition) is 5. The molecule has 3 fully saturated rings. The van der Waals surface area contributed by atoms with Gasteiger partial charge in [0.2, 0.25) is 0 Å². The van der Waals surface area contributed by atoms with Crippen LogP contribution in [0.1, 0.15) is 95.5 Å². The third-order valence-electron chi connectivity index (χ3n) is 9.50. The Morgan fingerprint density at radius 1 is 1.05 bits per heavy atom. The maximum absolute atomic E-state index is 13.6. The number of unbranched alkanes of at least 4 members (excludes halogenated alkanes) is 1. The molecule has 0 aromatic heterocycles. The summed E-state index contributed by atoms with van der Waals surface area (Å²) in [7, 11) is 3.69. The summed E-state index contributed by atoms with van der Waals surface area (Å²) in [6.07, 6.45) is 15.4. The second-order valence-electron chi connectivity index (χ2n) is 12.7. The molecule has 226 valence electrons. The SMILES string of the molecule is CNCC(CC1CCCCC1)NC(=O)N1CCC[C@@H](C(O)(CCCCOC)c2ccccc2OCCC2CC2)C1. The van der Waals surface area contributed by atoms with E-state index < -0.39 is 5.60 Å². The third kappa shape index (κ3) is 9.09. The summed E-state index contributed by atoms with van der Waals surface area (Å²) in [5, 5.41) is 19.2. The van der Waals surface area contributed by atoms with Crippen molar-refractivity contribution >= 4 is 6.03 Å². The van der Waals surface area contributed by atoms with Crippen molar-refractivity contribution in [3.63, 3.8) is 0 Å². The molecule has 1 aliphatic heterocycles. The largest absolute Gasteiger partial charge is 0.493 e. The molecule has 1 aromatic rings. The van der Waals surface area contributed by atoms with Crippen molar-refractivity contribution in [3.8, 4) is 5.75 Å². The number of nitrogens with zero attached hydrogens (tertiary/aromatic N) is 1. The molecule has 4 rings (SSSR count). The molecule has 1 saturated heterocycles. The van der Waals surface area contributed by atoms with Crippen LogP contribution in [0, 0.1) is 17.8 Å². The van der Waals surface area contributed by atoms with Gasteiger partial charge < -0.3 is 30.1 Å². The predicted octanol–water partition coefficient (Wildman–Crippen LogP) is 5.85. The normalized spacial score (nSPS) is 22.5. The number of likely N-dealkylation sites (N-methyl/N-ethyl adjacent to an activating group) is 1. The molecule has 0 bridgehead atoms. The van der Waals surface area contributed by atoms with Gasteiger partial charge in [-0.25, -0.2) is 4.79 Å². The number of aliphatic hydroxyl groups is 1. The number of benzene rings is 1. The molecule has 2 amide bonds. The summed E-state index contributed by atoms with van der Waals surface area (Å²) >= 11 is 0. The Kier molecular flexibility index (Phi) is 12.4. The Morgan fingerprint density at radius 3 is 2.60 bits per heavy atom. The van der Waals surface area contributed by atoms with Gasteiger partial charge in [-0.05, 0) is 69.9 Å². The predicted molar refractivity (Wildman–Crippen MR) is 161 cm³/mol. The third-order valence-corrected chi connectivity index (χ3v) is 9.50. The van der Waals surface area contributed by atoms with Crippen LogP contribution in [0.15, 0.2) is 24.3 Å². The van der Waals surface area contributed by atoms with Crippen molar-refractivity contribution in [1.29, 1.82) is 0 Å². The van der Waals surface area contributed by atoms with Crippen molar-refractivity contribution < 1.29 is 19.4 Å². The zero-order valence-corrected chi connectivity index (χ0v) is 25.2. The number of ether oxygens (including phenoxy) is 2. The number of hydrogen-bond donors (Lipinski definition) is 3. The first-order valence-electron chi connectivity index (χ1n) is 16.2. The minimum Gasteiger partial charge on any atom is -0.493 e. The second kappa shape index (κ2) is 16.0. The number of nitrogens with one attached hydrogen (secondary N) is 2. The highest BCUT2D eigenvalue weighted by molar-refractivity contribution is 5.74. The van der Waals surface area contributed by atoms with Gasteiger partial charge in [0.15, 0.2) is 0 Å². The van der Waals surface area contributed by atoms with Crippen LogP contribution in [0.5, 0.6) is 5.75 Å². The van der Waals surface area contributed by atoms with Crippen molar-refractivity contribution in [2.75, 3.05) is 47.0 Å². The van der Waals surface area contributed by atoms with Crippen LogP contribution in [0.25, 0.3) is 0 Å². The Morgan fingerprint density at radius 2 is 1.85 bits per heavy atom. The van der Waals surface area contributed by atoms with Gasteiger partial charge in [-0.2, -0.15) is 0 Å². The molecule has 2 aliphatic carbocycles. The average molecular weight is 558 g/mol. The monoisotopic (exact) mass is 557 g/mol. The lowest BCUT2D eigenvalue weighted by Crippen LogP contribution is -2.54. The van der Waals surface area contributed by atoms with E-state index in [1.54, 1.807) is 7.11 Å². The number of rotatable bonds is 16. The van der Waals surface area contributed by atoms with Crippen LogP contribution in [-0.2, 0) is 10.3 Å². The summed E-state index contributed by atoms with van der Waals surface area (Å²) in [5.41, 5.74) is -0.184. The van der Waals surface area contributed by atoms with E-state index in [0.29, 0.717) is 32.1 Å². The average Bonchev–Trinajstić information content (AvgIpc) is 3.81. The van der Waals surface area contributed by atoms with Gasteiger partial charge in [-0.15, -0.1) is 0 Å². The zero-order valence-electron chi connectivity index (χ0n) is 25.2. The summed E-state index contributed by atoms with van der Waals surface area (Å²) in [5.74, 6) is 2.25. The van der Waals surface area contributed by atoms with Crippen LogP contribution in [0.3, 0.4) is 0 Å². The standard InChI is InChI=1S/C33H55N3O4/c1-34-24-29(23-27-11-4-3-5-12-27)35-32(37)36-20-10-13-28(25-36)33(38,19-8-9-21-39-2)30-14-6-7-15-31(30)40-22-18-26-16-17-26/h6-7,14-15,26-29,34,38H,3-5,8-13,16-25H2,1-2H3,(H,35,37)/t28-,29?,33?/m1/s1. The van der Waals surface area contributed by atoms with Crippen molar-refractivity contribution in [2.24, 2.45) is 17.8 Å². The van der Waals surface area contributed by atoms with E-state index in [1.807, 2.05) is 36.2 Å². The number of carbonyl (C=O) groups is 1. The fourth-order valence-corrected chi connectivity index (χ4v) is 6.97. The number of amides is 2. The quantitative estimate of drug-likeness (QED) is 0.222. The van der Waals surface area contributed by atoms with E-state index in [0.717, 1.165) is 68.8 Å². The van der Waals surface area contributed by atoms with Gasteiger partial charge in [0, 0.05) is 50.9 Å². The molecule has 2 unspecified atom stereocenters. The smallest absolute Gasteiger partial charge is 0.317 e. The summed E-state index contributed by atoms with van der Waals surface area (Å²) in [6, 6.07) is 8.18. The molecule has 40 heavy (non-hydrogen) atoms. The topological polar surface area (TPSA) is 83.1 Å². The number of piperidine rings is 1. The summed E-state index contributed by atoms with van der Waals surface area (Å²) in [6.45, 7) is 3.45. The molecular weight excluding hydrogens is 502 g/mol. The number of para-hydroxylation sites is 1. The van der Waals surface area contributed by atoms with Crippen molar-refractivity contribution in [2.45, 2.75) is 102 Å². The van der Waals surface area contributed by atoms with E-state index in [9.17, 15) is 9.90 Å². The molecule has 1 aromatic carbocycles. The molecule has 1 heterocycles. The molecule has 2 saturated carbocycles. The molecular formula is C33H55N3O4. The first-order chi connectivity index (χ1) is 19.5. The van der Waals surface area contributed by atoms with E-state index in [4.69, 9.17) is 9.47 Å². The zero-order chi connectivity index (χ0) is 28.2. The maximum atomic E-state index is 13.6. The van der Waals surface area contributed by atoms with Gasteiger partial charge in [-0.3, -0.25) is 0 Å². The number of urea groups is 1. The molecule has 3 aliphatic rings. The van der Waals surface area contributed by atoms with Crippen molar-refractivity contribution in [3.05, 3.63) is 29.8 Å². The molecule has 3 atom stereocenters. The molecule has 7 heteroatoms. The Balaban J connectivity index is 1.45. The van der Waals surface area contributed by atoms with Crippen LogP contribution in [-0.4, -0.2) is 69.1 Å². The Hall–Kier alpha value is -1.83. The molecule has 7 nitrogen and oxygen atoms in total. The minimum atomic E-state index is -1.06. The van der Waals surface area contributed by atoms with E-state index in [-0.39, 0.29) is 18.0 Å². The highest BCUT2D eigenvalue weighted by Crippen LogP contribution is 2.44. The molecule has 0 spiro atoms. The van der Waals surface area contributed by atoms with Crippen molar-refractivity contribution in [1.82, 2.24) is 15.5 Å². The van der Waals surface area contributed by atoms with E-state index in [1.165, 1.54) is 44.9 Å². The first kappa shape index (κ1) is 31.1. The Bertz CT molecular complexity index is 888. The van der Waals surface area contributed by atoms with E-state index >= 15 is 0 Å². The maximum Gasteiger partial charge on any atom is 0.317 e. The summed E-state index contributed by atoms with van der Waals surface area (Å²) < 4.78 is 11.6. The minimum absolute atomic E-state index is 0.0106. The van der Waals surface area contributed by atoms with Gasteiger partial charge in [-0.1, -0.05) is 63.1 Å². The fourth-order valence-electron chi connectivity index (χ4n) is 6.97. The highest BCUT2D eigenvalue weighted by Gasteiger charge is 2.43. The molecule has 0 radical (unpaired) electrons. The summed E-state index contributed by atoms with van der Waals surface area (Å²) in [4.78, 5) is 15.5. The fraction of sp³-hybridized carbons (Fsp3) is 0.788. The van der Waals surface area contributed by atoms with Gasteiger partial charge >= 0.3 is 6.03 Å². The lowest BCUT2D eigenvalue weighted by Gasteiger charge is -2.43. The van der Waals surface area contributed by atoms with Gasteiger partial charge in [0.1, 0.15) is 5.75 Å². The number of carbonyl (C=O) groups excluding carboxylic acids is 1. The lowest BCUT2D eigenvalue weighted by atomic mass is 9.73. The Labute approximate surface area is 242 Å². The highest BCUT2D eigenvalue weighted by atomic mass is 16.5. The lowest BCUT2D eigenvalue weighted by molar-refractivity contribution is -0.0580. The van der Waals surface area contributed by atoms with Crippen LogP contribution < -0.4 is 15.4 Å². The van der Waals surface area contributed by atoms with Crippen LogP contribution in [0.2, 0.25) is 0 Å².